The van der Waals surface area contributed by atoms with Crippen LogP contribution in [0.2, 0.25) is 0 Å². The van der Waals surface area contributed by atoms with Crippen LogP contribution in [-0.4, -0.2) is 0 Å². The minimum absolute atomic E-state index is 0.0583. The molecule has 0 radical (unpaired) electrons. The summed E-state index contributed by atoms with van der Waals surface area (Å²) in [6.45, 7) is 9.93. The van der Waals surface area contributed by atoms with E-state index in [0.29, 0.717) is 0 Å². The number of rotatable bonds is 3. The van der Waals surface area contributed by atoms with Crippen LogP contribution in [-0.2, 0) is 16.2 Å². The Morgan fingerprint density at radius 2 is 1.14 bits per heavy atom. The Balaban J connectivity index is 1.26. The molecular formula is C48H47NS. The van der Waals surface area contributed by atoms with E-state index in [0.717, 1.165) is 23.7 Å². The van der Waals surface area contributed by atoms with E-state index < -0.39 is 0 Å². The molecule has 250 valence electrons. The van der Waals surface area contributed by atoms with Crippen LogP contribution in [0.3, 0.4) is 0 Å². The van der Waals surface area contributed by atoms with Crippen LogP contribution in [0, 0.1) is 23.7 Å². The number of hydrogen-bond acceptors (Lipinski definition) is 2. The number of benzene rings is 5. The molecule has 1 heterocycles. The third-order valence-corrected chi connectivity index (χ3v) is 15.6. The van der Waals surface area contributed by atoms with Crippen LogP contribution in [0.5, 0.6) is 0 Å². The first-order chi connectivity index (χ1) is 24.3. The van der Waals surface area contributed by atoms with Gasteiger partial charge in [-0.15, -0.1) is 11.3 Å². The fraction of sp³-hybridized carbons (Fsp3) is 0.375. The molecule has 0 atom stereocenters. The lowest BCUT2D eigenvalue weighted by atomic mass is 9.43. The summed E-state index contributed by atoms with van der Waals surface area (Å²) in [6, 6.07) is 40.5. The van der Waals surface area contributed by atoms with Crippen molar-refractivity contribution in [2.75, 3.05) is 4.90 Å². The molecule has 5 aromatic carbocycles. The van der Waals surface area contributed by atoms with Gasteiger partial charge in [0.05, 0.1) is 17.1 Å². The van der Waals surface area contributed by atoms with Crippen molar-refractivity contribution in [1.29, 1.82) is 0 Å². The Bertz CT molecular complexity index is 2340. The van der Waals surface area contributed by atoms with Crippen molar-refractivity contribution in [3.05, 3.63) is 125 Å². The summed E-state index contributed by atoms with van der Waals surface area (Å²) >= 11 is 1.93. The van der Waals surface area contributed by atoms with Gasteiger partial charge in [0.2, 0.25) is 0 Å². The Morgan fingerprint density at radius 1 is 0.540 bits per heavy atom. The highest BCUT2D eigenvalue weighted by molar-refractivity contribution is 7.26. The maximum absolute atomic E-state index is 2.74. The zero-order chi connectivity index (χ0) is 33.6. The predicted molar refractivity (Wildman–Crippen MR) is 213 cm³/mol. The van der Waals surface area contributed by atoms with Crippen molar-refractivity contribution >= 4 is 48.6 Å². The van der Waals surface area contributed by atoms with Gasteiger partial charge < -0.3 is 4.90 Å². The summed E-state index contributed by atoms with van der Waals surface area (Å²) in [5.74, 6) is 3.37. The van der Waals surface area contributed by atoms with E-state index in [1.807, 2.05) is 11.3 Å². The molecule has 2 heteroatoms. The van der Waals surface area contributed by atoms with E-state index in [2.05, 4.69) is 136 Å². The molecule has 0 aliphatic heterocycles. The summed E-state index contributed by atoms with van der Waals surface area (Å²) in [7, 11) is 0. The number of thiophene rings is 1. The molecule has 0 saturated heterocycles. The molecular weight excluding hydrogens is 623 g/mol. The molecule has 4 saturated carbocycles. The van der Waals surface area contributed by atoms with Crippen molar-refractivity contribution in [3.63, 3.8) is 0 Å². The van der Waals surface area contributed by atoms with E-state index in [4.69, 9.17) is 0 Å². The van der Waals surface area contributed by atoms with E-state index in [1.165, 1.54) is 104 Å². The lowest BCUT2D eigenvalue weighted by Gasteiger charge is -2.61. The summed E-state index contributed by atoms with van der Waals surface area (Å²) in [4.78, 5) is 2.74. The van der Waals surface area contributed by atoms with Gasteiger partial charge in [-0.05, 0) is 138 Å². The highest BCUT2D eigenvalue weighted by atomic mass is 32.1. The van der Waals surface area contributed by atoms with Crippen molar-refractivity contribution < 1.29 is 0 Å². The van der Waals surface area contributed by atoms with Gasteiger partial charge in [0.15, 0.2) is 0 Å². The summed E-state index contributed by atoms with van der Waals surface area (Å²) in [5, 5.41) is 2.75. The van der Waals surface area contributed by atoms with Gasteiger partial charge >= 0.3 is 0 Å². The average molecular weight is 670 g/mol. The molecule has 50 heavy (non-hydrogen) atoms. The smallest absolute Gasteiger partial charge is 0.0555 e. The highest BCUT2D eigenvalue weighted by Gasteiger charge is 2.62. The molecule has 12 rings (SSSR count). The maximum atomic E-state index is 2.74. The lowest BCUT2D eigenvalue weighted by molar-refractivity contribution is -0.0399. The van der Waals surface area contributed by atoms with Crippen molar-refractivity contribution in [2.24, 2.45) is 23.7 Å². The zero-order valence-corrected chi connectivity index (χ0v) is 30.7. The second-order valence-electron chi connectivity index (χ2n) is 18.0. The van der Waals surface area contributed by atoms with Gasteiger partial charge in [0, 0.05) is 31.2 Å². The Labute approximate surface area is 301 Å². The standard InChI is InChI=1S/C48H47NS/c1-46(2)22-23-47(3,4)45-37(46)16-10-19-40(45)49(39-18-11-21-42-44(39)34-13-6-8-20-41(34)50-42)38-17-9-15-36-43(38)33-12-5-7-14-35(33)48(36)31-25-29-24-30(27-31)28-32(48)26-29/h5-21,29-32H,22-28H2,1-4H3. The SMILES string of the molecule is CC1(C)CCC(C)(C)c2c(N(c3cccc4c3-c3ccccc3C43C4CC5CC(C4)CC3C5)c3cccc4sc5ccccc5c34)cccc21. The Kier molecular flexibility index (Phi) is 6.04. The maximum Gasteiger partial charge on any atom is 0.0555 e. The molecule has 6 aromatic rings. The van der Waals surface area contributed by atoms with Crippen LogP contribution in [0.4, 0.5) is 17.1 Å². The zero-order valence-electron chi connectivity index (χ0n) is 29.9. The molecule has 0 N–H and O–H groups in total. The third-order valence-electron chi connectivity index (χ3n) is 14.5. The minimum atomic E-state index is 0.0583. The first kappa shape index (κ1) is 29.8. The second-order valence-corrected chi connectivity index (χ2v) is 19.1. The lowest BCUT2D eigenvalue weighted by Crippen LogP contribution is -2.55. The monoisotopic (exact) mass is 669 g/mol. The molecule has 6 aliphatic rings. The van der Waals surface area contributed by atoms with Gasteiger partial charge in [-0.1, -0.05) is 100 Å². The number of nitrogens with zero attached hydrogens (tertiary/aromatic N) is 1. The second kappa shape index (κ2) is 10.1. The largest absolute Gasteiger partial charge is 0.309 e. The average Bonchev–Trinajstić information content (AvgIpc) is 3.64. The van der Waals surface area contributed by atoms with Crippen LogP contribution >= 0.6 is 11.3 Å². The molecule has 0 amide bonds. The number of fused-ring (bicyclic) bond motifs is 7. The molecule has 4 fully saturated rings. The molecule has 1 spiro atoms. The quantitative estimate of drug-likeness (QED) is 0.181. The van der Waals surface area contributed by atoms with E-state index in [1.54, 1.807) is 11.1 Å². The van der Waals surface area contributed by atoms with Crippen LogP contribution in [0.25, 0.3) is 31.3 Å². The molecule has 1 nitrogen and oxygen atoms in total. The third kappa shape index (κ3) is 3.79. The summed E-state index contributed by atoms with van der Waals surface area (Å²) < 4.78 is 2.73. The van der Waals surface area contributed by atoms with E-state index >= 15 is 0 Å². The summed E-state index contributed by atoms with van der Waals surface area (Å²) in [6.07, 6.45) is 9.51. The summed E-state index contributed by atoms with van der Waals surface area (Å²) in [5.41, 5.74) is 13.6. The Morgan fingerprint density at radius 3 is 1.94 bits per heavy atom. The van der Waals surface area contributed by atoms with Gasteiger partial charge in [-0.2, -0.15) is 0 Å². The van der Waals surface area contributed by atoms with Gasteiger partial charge in [0.1, 0.15) is 0 Å². The molecule has 0 unspecified atom stereocenters. The van der Waals surface area contributed by atoms with Crippen molar-refractivity contribution in [1.82, 2.24) is 0 Å². The van der Waals surface area contributed by atoms with Crippen LogP contribution in [0.1, 0.15) is 94.9 Å². The first-order valence-electron chi connectivity index (χ1n) is 19.3. The fourth-order valence-electron chi connectivity index (χ4n) is 12.6. The van der Waals surface area contributed by atoms with Gasteiger partial charge in [0.25, 0.3) is 0 Å². The van der Waals surface area contributed by atoms with E-state index in [-0.39, 0.29) is 16.2 Å². The van der Waals surface area contributed by atoms with E-state index in [9.17, 15) is 0 Å². The van der Waals surface area contributed by atoms with Crippen LogP contribution in [0.15, 0.2) is 103 Å². The van der Waals surface area contributed by atoms with Crippen LogP contribution < -0.4 is 4.90 Å². The van der Waals surface area contributed by atoms with Gasteiger partial charge in [-0.25, -0.2) is 0 Å². The first-order valence-corrected chi connectivity index (χ1v) is 20.1. The normalized spacial score (nSPS) is 27.8. The molecule has 4 bridgehead atoms. The number of anilines is 3. The van der Waals surface area contributed by atoms with Crippen molar-refractivity contribution in [2.45, 2.75) is 88.9 Å². The number of hydrogen-bond donors (Lipinski definition) is 0. The highest BCUT2D eigenvalue weighted by Crippen LogP contribution is 2.70. The minimum Gasteiger partial charge on any atom is -0.309 e. The predicted octanol–water partition coefficient (Wildman–Crippen LogP) is 13.6. The molecule has 6 aliphatic carbocycles. The topological polar surface area (TPSA) is 3.24 Å². The molecule has 1 aromatic heterocycles. The van der Waals surface area contributed by atoms with Gasteiger partial charge in [-0.3, -0.25) is 0 Å². The fourth-order valence-corrected chi connectivity index (χ4v) is 13.7. The Hall–Kier alpha value is -3.88. The van der Waals surface area contributed by atoms with Crippen molar-refractivity contribution in [3.8, 4) is 11.1 Å².